The minimum Gasteiger partial charge on any atom is -0.398 e. The van der Waals surface area contributed by atoms with Crippen LogP contribution in [0.2, 0.25) is 0 Å². The summed E-state index contributed by atoms with van der Waals surface area (Å²) in [5.41, 5.74) is 11.3. The van der Waals surface area contributed by atoms with Gasteiger partial charge in [-0.05, 0) is 30.3 Å². The first-order valence-corrected chi connectivity index (χ1v) is 7.88. The van der Waals surface area contributed by atoms with Crippen molar-refractivity contribution in [1.29, 1.82) is 0 Å². The van der Waals surface area contributed by atoms with Gasteiger partial charge >= 0.3 is 0 Å². The van der Waals surface area contributed by atoms with Crippen molar-refractivity contribution in [3.8, 4) is 0 Å². The number of nitrogens with zero attached hydrogens (tertiary/aromatic N) is 3. The largest absolute Gasteiger partial charge is 0.398 e. The molecule has 4 rings (SSSR count). The van der Waals surface area contributed by atoms with Crippen molar-refractivity contribution in [2.75, 3.05) is 57.1 Å². The van der Waals surface area contributed by atoms with Crippen LogP contribution in [0.4, 0.5) is 11.4 Å². The summed E-state index contributed by atoms with van der Waals surface area (Å²) in [6.45, 7) is 8.14. The Balaban J connectivity index is 1.61. The summed E-state index contributed by atoms with van der Waals surface area (Å²) < 4.78 is 5.66. The maximum Gasteiger partial charge on any atom is 0.0639 e. The normalized spacial score (nSPS) is 26.7. The molecule has 1 aromatic rings. The molecule has 1 aromatic carbocycles. The molecule has 0 radical (unpaired) electrons. The van der Waals surface area contributed by atoms with Crippen LogP contribution in [0.3, 0.4) is 0 Å². The van der Waals surface area contributed by atoms with E-state index in [1.807, 2.05) is 0 Å². The van der Waals surface area contributed by atoms with E-state index in [2.05, 4.69) is 33.9 Å². The summed E-state index contributed by atoms with van der Waals surface area (Å²) in [6.07, 6.45) is 0. The smallest absolute Gasteiger partial charge is 0.0639 e. The number of nitrogens with two attached hydrogens (primary N) is 1. The van der Waals surface area contributed by atoms with E-state index < -0.39 is 0 Å². The summed E-state index contributed by atoms with van der Waals surface area (Å²) in [4.78, 5) is 7.45. The highest BCUT2D eigenvalue weighted by atomic mass is 16.5. The molecule has 114 valence electrons. The number of hydrogen-bond donors (Lipinski definition) is 1. The van der Waals surface area contributed by atoms with Crippen LogP contribution in [0, 0.1) is 0 Å². The average Bonchev–Trinajstić information content (AvgIpc) is 2.90. The molecule has 5 nitrogen and oxygen atoms in total. The van der Waals surface area contributed by atoms with Crippen LogP contribution in [-0.2, 0) is 17.8 Å². The molecule has 2 fully saturated rings. The van der Waals surface area contributed by atoms with Gasteiger partial charge in [-0.2, -0.15) is 0 Å². The molecule has 0 saturated carbocycles. The number of nitrogen functional groups attached to an aromatic ring is 1. The number of fused-ring (bicyclic) bond motifs is 2. The van der Waals surface area contributed by atoms with Crippen LogP contribution in [0.15, 0.2) is 12.1 Å². The number of rotatable bonds is 1. The third-order valence-electron chi connectivity index (χ3n) is 5.08. The Hall–Kier alpha value is -1.30. The molecule has 3 aliphatic heterocycles. The van der Waals surface area contributed by atoms with E-state index in [-0.39, 0.29) is 0 Å². The second-order valence-corrected chi connectivity index (χ2v) is 6.51. The summed E-state index contributed by atoms with van der Waals surface area (Å²) in [7, 11) is 2.16. The molecule has 0 spiro atoms. The zero-order chi connectivity index (χ0) is 14.4. The van der Waals surface area contributed by atoms with Gasteiger partial charge < -0.3 is 15.4 Å². The Labute approximate surface area is 126 Å². The first-order valence-electron chi connectivity index (χ1n) is 7.88. The summed E-state index contributed by atoms with van der Waals surface area (Å²) in [5, 5.41) is 0. The lowest BCUT2D eigenvalue weighted by molar-refractivity contribution is -0.0117. The molecule has 0 aromatic heterocycles. The predicted octanol–water partition coefficient (Wildman–Crippen LogP) is 0.735. The second-order valence-electron chi connectivity index (χ2n) is 6.51. The fourth-order valence-corrected chi connectivity index (χ4v) is 3.92. The van der Waals surface area contributed by atoms with Crippen molar-refractivity contribution in [3.05, 3.63) is 23.3 Å². The topological polar surface area (TPSA) is 45.0 Å². The Morgan fingerprint density at radius 1 is 1.14 bits per heavy atom. The second kappa shape index (κ2) is 5.16. The Bertz CT molecular complexity index is 547. The van der Waals surface area contributed by atoms with Gasteiger partial charge in [-0.1, -0.05) is 0 Å². The lowest BCUT2D eigenvalue weighted by atomic mass is 10.0. The highest BCUT2D eigenvalue weighted by Gasteiger charge is 2.32. The van der Waals surface area contributed by atoms with Crippen LogP contribution in [0.25, 0.3) is 0 Å². The molecule has 1 unspecified atom stereocenters. The van der Waals surface area contributed by atoms with Gasteiger partial charge in [0.1, 0.15) is 0 Å². The van der Waals surface area contributed by atoms with E-state index in [1.165, 1.54) is 16.8 Å². The van der Waals surface area contributed by atoms with Crippen molar-refractivity contribution < 1.29 is 4.74 Å². The number of hydrogen-bond acceptors (Lipinski definition) is 5. The molecule has 21 heavy (non-hydrogen) atoms. The van der Waals surface area contributed by atoms with Gasteiger partial charge in [0.25, 0.3) is 0 Å². The van der Waals surface area contributed by atoms with Gasteiger partial charge in [-0.25, -0.2) is 0 Å². The van der Waals surface area contributed by atoms with E-state index >= 15 is 0 Å². The molecular weight excluding hydrogens is 264 g/mol. The maximum absolute atomic E-state index is 6.17. The maximum atomic E-state index is 6.17. The highest BCUT2D eigenvalue weighted by Crippen LogP contribution is 2.35. The molecule has 2 saturated heterocycles. The average molecular weight is 288 g/mol. The standard InChI is InChI=1S/C16H24N4O/c1-18-9-13-14(10-18)16(3-2-15(13)17)20-5-4-19-6-7-21-11-12(19)8-20/h2-3,12H,4-11,17H2,1H3. The Kier molecular flexibility index (Phi) is 3.28. The van der Waals surface area contributed by atoms with Crippen LogP contribution in [-0.4, -0.2) is 62.3 Å². The summed E-state index contributed by atoms with van der Waals surface area (Å²) in [6, 6.07) is 4.84. The monoisotopic (exact) mass is 288 g/mol. The number of benzene rings is 1. The molecule has 0 bridgehead atoms. The van der Waals surface area contributed by atoms with E-state index in [9.17, 15) is 0 Å². The summed E-state index contributed by atoms with van der Waals surface area (Å²) in [5.74, 6) is 0. The molecule has 0 amide bonds. The van der Waals surface area contributed by atoms with E-state index in [1.54, 1.807) is 0 Å². The molecule has 0 aliphatic carbocycles. The van der Waals surface area contributed by atoms with E-state index in [4.69, 9.17) is 10.5 Å². The van der Waals surface area contributed by atoms with Gasteiger partial charge in [-0.15, -0.1) is 0 Å². The summed E-state index contributed by atoms with van der Waals surface area (Å²) >= 11 is 0. The zero-order valence-electron chi connectivity index (χ0n) is 12.7. The zero-order valence-corrected chi connectivity index (χ0v) is 12.7. The fraction of sp³-hybridized carbons (Fsp3) is 0.625. The van der Waals surface area contributed by atoms with E-state index in [0.717, 1.165) is 58.2 Å². The van der Waals surface area contributed by atoms with Crippen LogP contribution >= 0.6 is 0 Å². The molecule has 3 aliphatic rings. The van der Waals surface area contributed by atoms with Gasteiger partial charge in [0.15, 0.2) is 0 Å². The predicted molar refractivity (Wildman–Crippen MR) is 84.4 cm³/mol. The van der Waals surface area contributed by atoms with Crippen LogP contribution in [0.5, 0.6) is 0 Å². The number of morpholine rings is 1. The minimum atomic E-state index is 0.542. The number of ether oxygens (including phenoxy) is 1. The molecule has 5 heteroatoms. The SMILES string of the molecule is CN1Cc2c(N)ccc(N3CCN4CCOCC4C3)c2C1. The van der Waals surface area contributed by atoms with E-state index in [0.29, 0.717) is 6.04 Å². The minimum absolute atomic E-state index is 0.542. The van der Waals surface area contributed by atoms with Gasteiger partial charge in [0, 0.05) is 50.6 Å². The van der Waals surface area contributed by atoms with Gasteiger partial charge in [-0.3, -0.25) is 9.80 Å². The lowest BCUT2D eigenvalue weighted by Gasteiger charge is -2.45. The first kappa shape index (κ1) is 13.4. The first-order chi connectivity index (χ1) is 10.2. The van der Waals surface area contributed by atoms with Crippen molar-refractivity contribution >= 4 is 11.4 Å². The fourth-order valence-electron chi connectivity index (χ4n) is 3.92. The van der Waals surface area contributed by atoms with Gasteiger partial charge in [0.2, 0.25) is 0 Å². The number of anilines is 2. The van der Waals surface area contributed by atoms with Crippen molar-refractivity contribution in [2.45, 2.75) is 19.1 Å². The van der Waals surface area contributed by atoms with Crippen LogP contribution < -0.4 is 10.6 Å². The highest BCUT2D eigenvalue weighted by molar-refractivity contribution is 5.66. The number of piperazine rings is 1. The van der Waals surface area contributed by atoms with Gasteiger partial charge in [0.05, 0.1) is 19.3 Å². The molecule has 2 N–H and O–H groups in total. The third-order valence-corrected chi connectivity index (χ3v) is 5.08. The molecule has 1 atom stereocenters. The van der Waals surface area contributed by atoms with Crippen molar-refractivity contribution in [1.82, 2.24) is 9.80 Å². The van der Waals surface area contributed by atoms with Crippen molar-refractivity contribution in [2.24, 2.45) is 0 Å². The molecule has 3 heterocycles. The lowest BCUT2D eigenvalue weighted by Crippen LogP contribution is -2.58. The Morgan fingerprint density at radius 2 is 2.00 bits per heavy atom. The Morgan fingerprint density at radius 3 is 2.90 bits per heavy atom. The van der Waals surface area contributed by atoms with Crippen molar-refractivity contribution in [3.63, 3.8) is 0 Å². The third kappa shape index (κ3) is 2.29. The van der Waals surface area contributed by atoms with Crippen LogP contribution in [0.1, 0.15) is 11.1 Å². The molecular formula is C16H24N4O. The quantitative estimate of drug-likeness (QED) is 0.772.